The smallest absolute Gasteiger partial charge is 0.460 e. The summed E-state index contributed by atoms with van der Waals surface area (Å²) in [6.07, 6.45) is -7.91. The number of carbonyl (C=O) groups is 1. The SMILES string of the molecule is C=C(CNS(=O)(=O)C(F)(F)C(F)(F)C(F)(F)C(F)(F)C(F)(F)C(F)(F)C(F)(F)C(F)(F)F)C(=O)OCC. The highest BCUT2D eigenvalue weighted by Gasteiger charge is 2.96. The topological polar surface area (TPSA) is 72.5 Å². The van der Waals surface area contributed by atoms with Crippen molar-refractivity contribution in [3.8, 4) is 0 Å². The molecule has 220 valence electrons. The van der Waals surface area contributed by atoms with Crippen molar-refractivity contribution >= 4 is 16.0 Å². The van der Waals surface area contributed by atoms with Crippen LogP contribution in [0.2, 0.25) is 0 Å². The van der Waals surface area contributed by atoms with Gasteiger partial charge in [0.05, 0.1) is 6.61 Å². The van der Waals surface area contributed by atoms with Gasteiger partial charge in [-0.3, -0.25) is 0 Å². The fraction of sp³-hybridized carbons (Fsp3) is 0.786. The second-order valence-corrected chi connectivity index (χ2v) is 8.42. The van der Waals surface area contributed by atoms with Crippen LogP contribution in [-0.2, 0) is 19.6 Å². The van der Waals surface area contributed by atoms with E-state index in [1.165, 1.54) is 0 Å². The Bertz CT molecular complexity index is 986. The molecule has 0 aromatic heterocycles. The van der Waals surface area contributed by atoms with Gasteiger partial charge in [0.15, 0.2) is 0 Å². The molecule has 0 saturated heterocycles. The Labute approximate surface area is 193 Å². The molecule has 0 aromatic carbocycles. The van der Waals surface area contributed by atoms with Crippen molar-refractivity contribution in [1.82, 2.24) is 4.72 Å². The summed E-state index contributed by atoms with van der Waals surface area (Å²) < 4.78 is 251. The first kappa shape index (κ1) is 34.9. The summed E-state index contributed by atoms with van der Waals surface area (Å²) in [6.45, 7) is 1.36. The van der Waals surface area contributed by atoms with E-state index in [1.807, 2.05) is 0 Å². The lowest BCUT2D eigenvalue weighted by Crippen LogP contribution is -2.75. The van der Waals surface area contributed by atoms with Crippen LogP contribution in [0, 0.1) is 0 Å². The molecule has 0 fully saturated rings. The summed E-state index contributed by atoms with van der Waals surface area (Å²) in [7, 11) is -7.51. The Kier molecular flexibility index (Phi) is 9.06. The van der Waals surface area contributed by atoms with E-state index in [1.54, 1.807) is 0 Å². The van der Waals surface area contributed by atoms with Crippen molar-refractivity contribution in [1.29, 1.82) is 0 Å². The van der Waals surface area contributed by atoms with Gasteiger partial charge in [0.2, 0.25) is 0 Å². The lowest BCUT2D eigenvalue weighted by Gasteiger charge is -2.42. The first-order chi connectivity index (χ1) is 15.9. The number of nitrogens with one attached hydrogen (secondary N) is 1. The molecule has 0 aliphatic rings. The van der Waals surface area contributed by atoms with Crippen LogP contribution in [0.4, 0.5) is 74.6 Å². The third-order valence-electron chi connectivity index (χ3n) is 4.07. The molecule has 0 radical (unpaired) electrons. The Hall–Kier alpha value is -2.07. The van der Waals surface area contributed by atoms with Gasteiger partial charge < -0.3 is 4.74 Å². The summed E-state index contributed by atoms with van der Waals surface area (Å²) in [5, 5.41) is -7.72. The zero-order valence-electron chi connectivity index (χ0n) is 17.1. The molecule has 37 heavy (non-hydrogen) atoms. The van der Waals surface area contributed by atoms with Crippen molar-refractivity contribution in [2.24, 2.45) is 0 Å². The van der Waals surface area contributed by atoms with Gasteiger partial charge >= 0.3 is 52.9 Å². The number of alkyl halides is 17. The first-order valence-electron chi connectivity index (χ1n) is 8.42. The number of halogens is 17. The molecule has 0 rings (SSSR count). The van der Waals surface area contributed by atoms with Crippen LogP contribution in [-0.4, -0.2) is 74.5 Å². The molecular formula is C14H10F17NO4S. The number of rotatable bonds is 12. The molecule has 0 atom stereocenters. The minimum atomic E-state index is -8.92. The summed E-state index contributed by atoms with van der Waals surface area (Å²) in [5.41, 5.74) is -1.23. The van der Waals surface area contributed by atoms with Crippen LogP contribution in [0.5, 0.6) is 0 Å². The van der Waals surface area contributed by atoms with Crippen molar-refractivity contribution in [3.63, 3.8) is 0 Å². The number of sulfonamides is 1. The molecule has 0 unspecified atom stereocenters. The van der Waals surface area contributed by atoms with Gasteiger partial charge in [-0.15, -0.1) is 0 Å². The number of esters is 1. The number of hydrogen-bond donors (Lipinski definition) is 1. The molecule has 0 saturated carbocycles. The van der Waals surface area contributed by atoms with E-state index in [9.17, 15) is 87.8 Å². The molecule has 5 nitrogen and oxygen atoms in total. The van der Waals surface area contributed by atoms with Gasteiger partial charge in [-0.05, 0) is 6.92 Å². The summed E-state index contributed by atoms with van der Waals surface area (Å²) in [6, 6.07) is 0. The molecule has 0 heterocycles. The van der Waals surface area contributed by atoms with Crippen LogP contribution in [0.3, 0.4) is 0 Å². The third kappa shape index (κ3) is 5.03. The molecule has 1 N–H and O–H groups in total. The van der Waals surface area contributed by atoms with Crippen molar-refractivity contribution in [3.05, 3.63) is 12.2 Å². The first-order valence-corrected chi connectivity index (χ1v) is 9.90. The van der Waals surface area contributed by atoms with Gasteiger partial charge in [-0.2, -0.15) is 74.6 Å². The number of carbonyl (C=O) groups excluding carboxylic acids is 1. The van der Waals surface area contributed by atoms with E-state index in [0.717, 1.165) is 6.92 Å². The van der Waals surface area contributed by atoms with Crippen LogP contribution in [0.25, 0.3) is 0 Å². The molecule has 0 spiro atoms. The van der Waals surface area contributed by atoms with E-state index in [-0.39, 0.29) is 4.72 Å². The quantitative estimate of drug-likeness (QED) is 0.192. The summed E-state index contributed by atoms with van der Waals surface area (Å²) in [4.78, 5) is 11.1. The van der Waals surface area contributed by atoms with Crippen LogP contribution in [0.15, 0.2) is 12.2 Å². The van der Waals surface area contributed by atoms with E-state index in [0.29, 0.717) is 0 Å². The van der Waals surface area contributed by atoms with Gasteiger partial charge in [-0.25, -0.2) is 17.9 Å². The van der Waals surface area contributed by atoms with Crippen molar-refractivity contribution in [2.45, 2.75) is 53.9 Å². The predicted molar refractivity (Wildman–Crippen MR) is 83.4 cm³/mol. The van der Waals surface area contributed by atoms with Gasteiger partial charge in [-0.1, -0.05) is 6.58 Å². The standard InChI is InChI=1S/C14H10F17NO4S/c1-3-36-6(33)5(2)4-32-37(34,35)14(30,31)12(25,26)10(21,22)8(17,18)7(15,16)9(19,20)11(23,24)13(27,28)29/h32H,2-4H2,1H3. The van der Waals surface area contributed by atoms with Crippen LogP contribution < -0.4 is 4.72 Å². The lowest BCUT2D eigenvalue weighted by molar-refractivity contribution is -0.458. The largest absolute Gasteiger partial charge is 0.463 e. The maximum absolute atomic E-state index is 13.8. The maximum atomic E-state index is 13.8. The lowest BCUT2D eigenvalue weighted by atomic mass is 9.91. The average Bonchev–Trinajstić information content (AvgIpc) is 2.70. The Morgan fingerprint density at radius 1 is 0.676 bits per heavy atom. The zero-order chi connectivity index (χ0) is 30.5. The van der Waals surface area contributed by atoms with E-state index < -0.39 is 81.7 Å². The summed E-state index contributed by atoms with van der Waals surface area (Å²) >= 11 is 0. The highest BCUT2D eigenvalue weighted by atomic mass is 32.2. The van der Waals surface area contributed by atoms with Crippen LogP contribution in [0.1, 0.15) is 6.92 Å². The van der Waals surface area contributed by atoms with E-state index >= 15 is 0 Å². The fourth-order valence-electron chi connectivity index (χ4n) is 1.90. The Morgan fingerprint density at radius 3 is 1.32 bits per heavy atom. The number of ether oxygens (including phenoxy) is 1. The zero-order valence-corrected chi connectivity index (χ0v) is 17.9. The predicted octanol–water partition coefficient (Wildman–Crippen LogP) is 4.99. The van der Waals surface area contributed by atoms with E-state index in [4.69, 9.17) is 0 Å². The maximum Gasteiger partial charge on any atom is 0.460 e. The Morgan fingerprint density at radius 2 is 1.00 bits per heavy atom. The molecule has 0 bridgehead atoms. The van der Waals surface area contributed by atoms with Crippen molar-refractivity contribution in [2.75, 3.05) is 13.2 Å². The normalized spacial score (nSPS) is 15.5. The van der Waals surface area contributed by atoms with Gasteiger partial charge in [0, 0.05) is 12.1 Å². The molecule has 0 aliphatic carbocycles. The average molecular weight is 611 g/mol. The fourth-order valence-corrected chi connectivity index (χ4v) is 2.91. The summed E-state index contributed by atoms with van der Waals surface area (Å²) in [5.74, 6) is -53.7. The minimum absolute atomic E-state index is 0.240. The van der Waals surface area contributed by atoms with E-state index in [2.05, 4.69) is 11.3 Å². The molecule has 0 aliphatic heterocycles. The molecule has 23 heteroatoms. The molecular weight excluding hydrogens is 601 g/mol. The van der Waals surface area contributed by atoms with Gasteiger partial charge in [0.1, 0.15) is 0 Å². The molecule has 0 amide bonds. The monoisotopic (exact) mass is 611 g/mol. The van der Waals surface area contributed by atoms with Gasteiger partial charge in [0.25, 0.3) is 10.0 Å². The highest BCUT2D eigenvalue weighted by Crippen LogP contribution is 2.64. The van der Waals surface area contributed by atoms with Crippen LogP contribution >= 0.6 is 0 Å². The number of hydrogen-bond acceptors (Lipinski definition) is 4. The second-order valence-electron chi connectivity index (χ2n) is 6.61. The Balaban J connectivity index is 6.67. The third-order valence-corrected chi connectivity index (χ3v) is 5.53. The highest BCUT2D eigenvalue weighted by molar-refractivity contribution is 7.90. The molecule has 0 aromatic rings. The minimum Gasteiger partial charge on any atom is -0.463 e. The van der Waals surface area contributed by atoms with Crippen molar-refractivity contribution < 1.29 is 92.6 Å². The second kappa shape index (κ2) is 9.59.